The third-order valence-corrected chi connectivity index (χ3v) is 2.12. The Hall–Kier alpha value is -1.06. The predicted octanol–water partition coefficient (Wildman–Crippen LogP) is 0.269. The lowest BCUT2D eigenvalue weighted by molar-refractivity contribution is -0.158. The molecule has 1 N–H and O–H groups in total. The van der Waals surface area contributed by atoms with Crippen LogP contribution in [0.2, 0.25) is 0 Å². The van der Waals surface area contributed by atoms with Gasteiger partial charge >= 0.3 is 11.9 Å². The van der Waals surface area contributed by atoms with Crippen molar-refractivity contribution in [2.45, 2.75) is 20.0 Å². The Morgan fingerprint density at radius 1 is 1.55 bits per heavy atom. The predicted molar refractivity (Wildman–Crippen MR) is 35.8 cm³/mol. The van der Waals surface area contributed by atoms with Crippen LogP contribution in [0.1, 0.15) is 13.8 Å². The van der Waals surface area contributed by atoms with Crippen LogP contribution in [0, 0.1) is 11.8 Å². The van der Waals surface area contributed by atoms with Crippen LogP contribution in [0.4, 0.5) is 0 Å². The molecule has 1 heterocycles. The summed E-state index contributed by atoms with van der Waals surface area (Å²) in [6.07, 6.45) is -0.947. The monoisotopic (exact) mass is 158 g/mol. The molecular formula is C7H10O4. The molecule has 1 aliphatic heterocycles. The first-order chi connectivity index (χ1) is 5.04. The molecule has 1 fully saturated rings. The van der Waals surface area contributed by atoms with Gasteiger partial charge in [0.15, 0.2) is 0 Å². The van der Waals surface area contributed by atoms with E-state index in [4.69, 9.17) is 5.11 Å². The van der Waals surface area contributed by atoms with Gasteiger partial charge in [0.25, 0.3) is 0 Å². The molecule has 0 radical (unpaired) electrons. The molecule has 62 valence electrons. The van der Waals surface area contributed by atoms with Gasteiger partial charge in [0, 0.05) is 5.92 Å². The van der Waals surface area contributed by atoms with Crippen LogP contribution in [-0.4, -0.2) is 23.1 Å². The van der Waals surface area contributed by atoms with E-state index in [1.807, 2.05) is 0 Å². The van der Waals surface area contributed by atoms with Crippen LogP contribution >= 0.6 is 0 Å². The average molecular weight is 158 g/mol. The minimum Gasteiger partial charge on any atom is -0.478 e. The molecule has 0 saturated carbocycles. The van der Waals surface area contributed by atoms with E-state index in [1.54, 1.807) is 13.8 Å². The number of ether oxygens (including phenoxy) is 1. The first-order valence-electron chi connectivity index (χ1n) is 3.47. The van der Waals surface area contributed by atoms with Crippen LogP contribution in [0.3, 0.4) is 0 Å². The number of esters is 1. The Morgan fingerprint density at radius 2 is 2.09 bits per heavy atom. The van der Waals surface area contributed by atoms with Gasteiger partial charge in [-0.1, -0.05) is 13.8 Å². The molecule has 1 aliphatic rings. The van der Waals surface area contributed by atoms with E-state index in [9.17, 15) is 9.59 Å². The van der Waals surface area contributed by atoms with Crippen molar-refractivity contribution in [3.05, 3.63) is 0 Å². The maximum Gasteiger partial charge on any atom is 0.345 e. The van der Waals surface area contributed by atoms with Crippen molar-refractivity contribution in [2.24, 2.45) is 11.8 Å². The van der Waals surface area contributed by atoms with E-state index in [1.165, 1.54) is 0 Å². The maximum absolute atomic E-state index is 10.8. The second-order valence-electron chi connectivity index (χ2n) is 2.84. The lowest BCUT2D eigenvalue weighted by Crippen LogP contribution is -2.25. The van der Waals surface area contributed by atoms with Crippen LogP contribution in [0.15, 0.2) is 0 Å². The maximum atomic E-state index is 10.8. The largest absolute Gasteiger partial charge is 0.478 e. The van der Waals surface area contributed by atoms with Crippen molar-refractivity contribution >= 4 is 11.9 Å². The highest BCUT2D eigenvalue weighted by atomic mass is 16.6. The first-order valence-corrected chi connectivity index (χ1v) is 3.47. The van der Waals surface area contributed by atoms with E-state index >= 15 is 0 Å². The normalized spacial score (nSPS) is 36.9. The number of aliphatic carboxylic acids is 1. The molecule has 3 atom stereocenters. The second kappa shape index (κ2) is 2.53. The molecule has 0 amide bonds. The quantitative estimate of drug-likeness (QED) is 0.556. The zero-order chi connectivity index (χ0) is 8.59. The highest BCUT2D eigenvalue weighted by molar-refractivity contribution is 5.83. The number of cyclic esters (lactones) is 1. The topological polar surface area (TPSA) is 63.6 Å². The van der Waals surface area contributed by atoms with E-state index in [-0.39, 0.29) is 11.8 Å². The molecule has 3 unspecified atom stereocenters. The molecule has 0 aromatic heterocycles. The van der Waals surface area contributed by atoms with Gasteiger partial charge in [-0.25, -0.2) is 4.79 Å². The average Bonchev–Trinajstić information content (AvgIpc) is 2.17. The molecule has 4 heteroatoms. The Labute approximate surface area is 64.2 Å². The molecule has 1 saturated heterocycles. The van der Waals surface area contributed by atoms with Crippen molar-refractivity contribution in [1.29, 1.82) is 0 Å². The third-order valence-electron chi connectivity index (χ3n) is 2.12. The fourth-order valence-corrected chi connectivity index (χ4v) is 1.09. The summed E-state index contributed by atoms with van der Waals surface area (Å²) in [6.45, 7) is 3.38. The Kier molecular flexibility index (Phi) is 1.85. The highest BCUT2D eigenvalue weighted by Crippen LogP contribution is 2.27. The van der Waals surface area contributed by atoms with Gasteiger partial charge in [-0.3, -0.25) is 4.79 Å². The second-order valence-corrected chi connectivity index (χ2v) is 2.84. The standard InChI is InChI=1S/C7H10O4/c1-3-4(2)7(10)11-5(3)6(8)9/h3-5H,1-2H3,(H,8,9). The van der Waals surface area contributed by atoms with Gasteiger partial charge in [0.2, 0.25) is 6.10 Å². The summed E-state index contributed by atoms with van der Waals surface area (Å²) in [5.74, 6) is -1.99. The lowest BCUT2D eigenvalue weighted by atomic mass is 9.94. The zero-order valence-electron chi connectivity index (χ0n) is 6.40. The van der Waals surface area contributed by atoms with Crippen LogP contribution in [-0.2, 0) is 14.3 Å². The molecular weight excluding hydrogens is 148 g/mol. The smallest absolute Gasteiger partial charge is 0.345 e. The number of rotatable bonds is 1. The lowest BCUT2D eigenvalue weighted by Gasteiger charge is -2.08. The minimum atomic E-state index is -1.06. The number of hydrogen-bond acceptors (Lipinski definition) is 3. The first kappa shape index (κ1) is 8.04. The van der Waals surface area contributed by atoms with Crippen LogP contribution in [0.25, 0.3) is 0 Å². The van der Waals surface area contributed by atoms with E-state index < -0.39 is 18.0 Å². The number of carboxylic acids is 1. The number of hydrogen-bond donors (Lipinski definition) is 1. The van der Waals surface area contributed by atoms with Gasteiger partial charge in [-0.05, 0) is 0 Å². The summed E-state index contributed by atoms with van der Waals surface area (Å²) in [5, 5.41) is 8.54. The van der Waals surface area contributed by atoms with Gasteiger partial charge in [-0.15, -0.1) is 0 Å². The van der Waals surface area contributed by atoms with Crippen molar-refractivity contribution in [2.75, 3.05) is 0 Å². The van der Waals surface area contributed by atoms with Crippen molar-refractivity contribution < 1.29 is 19.4 Å². The summed E-state index contributed by atoms with van der Waals surface area (Å²) in [5.41, 5.74) is 0. The fourth-order valence-electron chi connectivity index (χ4n) is 1.09. The summed E-state index contributed by atoms with van der Waals surface area (Å²) in [7, 11) is 0. The van der Waals surface area contributed by atoms with Gasteiger partial charge in [0.1, 0.15) is 0 Å². The summed E-state index contributed by atoms with van der Waals surface area (Å²) in [4.78, 5) is 21.2. The summed E-state index contributed by atoms with van der Waals surface area (Å²) < 4.78 is 4.61. The molecule has 0 bridgehead atoms. The molecule has 0 aromatic rings. The molecule has 0 aliphatic carbocycles. The number of carbonyl (C=O) groups is 2. The van der Waals surface area contributed by atoms with Gasteiger partial charge in [0.05, 0.1) is 5.92 Å². The molecule has 0 spiro atoms. The fraction of sp³-hybridized carbons (Fsp3) is 0.714. The van der Waals surface area contributed by atoms with Crippen molar-refractivity contribution in [3.8, 4) is 0 Å². The zero-order valence-corrected chi connectivity index (χ0v) is 6.40. The minimum absolute atomic E-state index is 0.222. The number of carbonyl (C=O) groups excluding carboxylic acids is 1. The van der Waals surface area contributed by atoms with Crippen LogP contribution < -0.4 is 0 Å². The van der Waals surface area contributed by atoms with E-state index in [0.29, 0.717) is 0 Å². The van der Waals surface area contributed by atoms with E-state index in [0.717, 1.165) is 0 Å². The molecule has 11 heavy (non-hydrogen) atoms. The molecule has 1 rings (SSSR count). The van der Waals surface area contributed by atoms with Gasteiger partial charge < -0.3 is 9.84 Å². The Morgan fingerprint density at radius 3 is 2.27 bits per heavy atom. The Bertz CT molecular complexity index is 199. The van der Waals surface area contributed by atoms with Crippen LogP contribution in [0.5, 0.6) is 0 Å². The third kappa shape index (κ3) is 1.20. The summed E-state index contributed by atoms with van der Waals surface area (Å²) >= 11 is 0. The van der Waals surface area contributed by atoms with Crippen molar-refractivity contribution in [3.63, 3.8) is 0 Å². The SMILES string of the molecule is CC1C(=O)OC(C(=O)O)C1C. The Balaban J connectivity index is 2.74. The molecule has 0 aromatic carbocycles. The van der Waals surface area contributed by atoms with Gasteiger partial charge in [-0.2, -0.15) is 0 Å². The number of carboxylic acid groups (broad SMARTS) is 1. The molecule has 4 nitrogen and oxygen atoms in total. The highest BCUT2D eigenvalue weighted by Gasteiger charge is 2.42. The van der Waals surface area contributed by atoms with E-state index in [2.05, 4.69) is 4.74 Å². The van der Waals surface area contributed by atoms with Crippen molar-refractivity contribution in [1.82, 2.24) is 0 Å². The summed E-state index contributed by atoms with van der Waals surface area (Å²) in [6, 6.07) is 0.